The zero-order chi connectivity index (χ0) is 28.9. The van der Waals surface area contributed by atoms with E-state index in [4.69, 9.17) is 10.5 Å². The normalized spacial score (nSPS) is 20.5. The summed E-state index contributed by atoms with van der Waals surface area (Å²) in [5.74, 6) is 0.0139. The third-order valence-electron chi connectivity index (χ3n) is 7.30. The lowest BCUT2D eigenvalue weighted by Crippen LogP contribution is -2.39. The molecule has 4 unspecified atom stereocenters. The van der Waals surface area contributed by atoms with Gasteiger partial charge in [-0.15, -0.1) is 0 Å². The molecule has 41 heavy (non-hydrogen) atoms. The minimum Gasteiger partial charge on any atom is -0.494 e. The maximum absolute atomic E-state index is 12.3. The molecule has 14 nitrogen and oxygen atoms in total. The molecule has 0 radical (unpaired) electrons. The van der Waals surface area contributed by atoms with Gasteiger partial charge in [0.1, 0.15) is 30.2 Å². The molecule has 2 amide bonds. The van der Waals surface area contributed by atoms with Gasteiger partial charge in [-0.1, -0.05) is 25.3 Å². The molecule has 14 heteroatoms. The predicted octanol–water partition coefficient (Wildman–Crippen LogP) is 1.70. The Bertz CT molecular complexity index is 1520. The summed E-state index contributed by atoms with van der Waals surface area (Å²) in [6.07, 6.45) is 4.90. The van der Waals surface area contributed by atoms with Gasteiger partial charge < -0.3 is 41.4 Å². The van der Waals surface area contributed by atoms with Gasteiger partial charge in [0.15, 0.2) is 23.6 Å². The van der Waals surface area contributed by atoms with Gasteiger partial charge in [-0.05, 0) is 25.0 Å². The van der Waals surface area contributed by atoms with Crippen molar-refractivity contribution in [1.29, 1.82) is 0 Å². The number of fused-ring (bicyclic) bond motifs is 2. The number of unbranched alkanes of at least 4 members (excludes halogenated alkanes) is 4. The number of nitrogen functional groups attached to an aromatic ring is 1. The number of ether oxygens (including phenoxy) is 1. The molecule has 3 aromatic heterocycles. The van der Waals surface area contributed by atoms with Crippen molar-refractivity contribution in [3.63, 3.8) is 0 Å². The van der Waals surface area contributed by atoms with Crippen molar-refractivity contribution in [3.8, 4) is 5.88 Å². The Labute approximate surface area is 235 Å². The summed E-state index contributed by atoms with van der Waals surface area (Å²) in [4.78, 5) is 39.6. The van der Waals surface area contributed by atoms with Crippen LogP contribution in [0.2, 0.25) is 0 Å². The topological polar surface area (TPSA) is 214 Å². The molecule has 0 spiro atoms. The summed E-state index contributed by atoms with van der Waals surface area (Å²) in [6.45, 7) is 0.0442. The lowest BCUT2D eigenvalue weighted by molar-refractivity contribution is -0.122. The first kappa shape index (κ1) is 28.3. The van der Waals surface area contributed by atoms with E-state index < -0.39 is 24.5 Å². The van der Waals surface area contributed by atoms with E-state index in [9.17, 15) is 24.9 Å². The number of rotatable bonds is 12. The highest BCUT2D eigenvalue weighted by Gasteiger charge is 2.44. The van der Waals surface area contributed by atoms with Crippen LogP contribution in [0.5, 0.6) is 5.88 Å². The summed E-state index contributed by atoms with van der Waals surface area (Å²) in [7, 11) is 0. The zero-order valence-electron chi connectivity index (χ0n) is 22.4. The number of nitrogens with two attached hydrogens (primary N) is 1. The second kappa shape index (κ2) is 12.5. The lowest BCUT2D eigenvalue weighted by atomic mass is 10.1. The van der Waals surface area contributed by atoms with Gasteiger partial charge >= 0.3 is 0 Å². The van der Waals surface area contributed by atoms with Crippen LogP contribution in [-0.2, 0) is 14.3 Å². The number of carbonyl (C=O) groups is 2. The summed E-state index contributed by atoms with van der Waals surface area (Å²) in [6, 6.07) is 5.35. The third-order valence-corrected chi connectivity index (χ3v) is 7.30. The summed E-state index contributed by atoms with van der Waals surface area (Å²) >= 11 is 0. The van der Waals surface area contributed by atoms with Gasteiger partial charge in [0, 0.05) is 36.4 Å². The van der Waals surface area contributed by atoms with E-state index in [0.29, 0.717) is 41.5 Å². The van der Waals surface area contributed by atoms with E-state index in [1.807, 2.05) is 0 Å². The number of hydrogen-bond donors (Lipinski definition) is 7. The number of anilines is 2. The molecular weight excluding hydrogens is 532 g/mol. The maximum Gasteiger partial charge on any atom is 0.224 e. The number of aliphatic hydroxyl groups is 2. The Morgan fingerprint density at radius 2 is 1.76 bits per heavy atom. The first-order valence-corrected chi connectivity index (χ1v) is 13.6. The van der Waals surface area contributed by atoms with Gasteiger partial charge in [-0.2, -0.15) is 0 Å². The summed E-state index contributed by atoms with van der Waals surface area (Å²) in [5.41, 5.74) is 7.21. The van der Waals surface area contributed by atoms with E-state index in [-0.39, 0.29) is 30.1 Å². The van der Waals surface area contributed by atoms with Crippen LogP contribution >= 0.6 is 0 Å². The number of imidazole rings is 1. The molecule has 4 atom stereocenters. The second-order valence-corrected chi connectivity index (χ2v) is 10.2. The van der Waals surface area contributed by atoms with Crippen LogP contribution in [0.3, 0.4) is 0 Å². The van der Waals surface area contributed by atoms with Crippen LogP contribution in [0.4, 0.5) is 11.5 Å². The van der Waals surface area contributed by atoms with Crippen molar-refractivity contribution in [3.05, 3.63) is 37.1 Å². The molecule has 4 aromatic rings. The fourth-order valence-corrected chi connectivity index (χ4v) is 5.06. The van der Waals surface area contributed by atoms with Crippen LogP contribution in [0.1, 0.15) is 51.2 Å². The highest BCUT2D eigenvalue weighted by Crippen LogP contribution is 2.32. The fourth-order valence-electron chi connectivity index (χ4n) is 5.06. The van der Waals surface area contributed by atoms with E-state index in [1.165, 1.54) is 17.2 Å². The van der Waals surface area contributed by atoms with Crippen molar-refractivity contribution in [1.82, 2.24) is 29.8 Å². The third kappa shape index (κ3) is 6.24. The number of aromatic hydroxyl groups is 1. The van der Waals surface area contributed by atoms with Crippen LogP contribution in [0.25, 0.3) is 21.9 Å². The van der Waals surface area contributed by atoms with Crippen molar-refractivity contribution in [2.24, 2.45) is 0 Å². The number of nitrogens with one attached hydrogen (secondary N) is 3. The standard InChI is InChI=1S/C27H34N8O6/c28-24-21-25(32-13-31-24)35(14-33-21)27-23(39)22(38)18(41-27)12-29-19(36)9-4-2-1-3-5-10-20(37)34-17-8-6-7-15-16(17)11-30-26(15)40/h6-8,11,13-14,18,22-23,27,30,38-40H,1-5,9-10,12H2,(H,29,36)(H,34,37)(H2,28,31,32). The number of benzene rings is 1. The van der Waals surface area contributed by atoms with Crippen LogP contribution < -0.4 is 16.4 Å². The molecule has 8 N–H and O–H groups in total. The molecule has 4 heterocycles. The monoisotopic (exact) mass is 566 g/mol. The highest BCUT2D eigenvalue weighted by atomic mass is 16.6. The van der Waals surface area contributed by atoms with Gasteiger partial charge in [-0.25, -0.2) is 15.0 Å². The number of amides is 2. The summed E-state index contributed by atoms with van der Waals surface area (Å²) < 4.78 is 7.33. The number of nitrogens with zero attached hydrogens (tertiary/aromatic N) is 4. The molecule has 218 valence electrons. The van der Waals surface area contributed by atoms with E-state index in [0.717, 1.165) is 31.1 Å². The first-order valence-electron chi connectivity index (χ1n) is 13.6. The predicted molar refractivity (Wildman–Crippen MR) is 150 cm³/mol. The van der Waals surface area contributed by atoms with E-state index in [2.05, 4.69) is 30.6 Å². The zero-order valence-corrected chi connectivity index (χ0v) is 22.4. The van der Waals surface area contributed by atoms with Crippen LogP contribution in [0, 0.1) is 0 Å². The summed E-state index contributed by atoms with van der Waals surface area (Å²) in [5, 5.41) is 37.9. The molecule has 1 aliphatic rings. The van der Waals surface area contributed by atoms with Gasteiger partial charge in [0.2, 0.25) is 11.8 Å². The van der Waals surface area contributed by atoms with Crippen molar-refractivity contribution >= 4 is 45.3 Å². The first-order chi connectivity index (χ1) is 19.8. The van der Waals surface area contributed by atoms with E-state index in [1.54, 1.807) is 24.4 Å². The minimum absolute atomic E-state index is 0.0442. The Hall–Kier alpha value is -4.27. The molecule has 5 rings (SSSR count). The molecule has 0 aliphatic carbocycles. The Balaban J connectivity index is 0.966. The smallest absolute Gasteiger partial charge is 0.224 e. The molecule has 1 fully saturated rings. The Morgan fingerprint density at radius 1 is 1.00 bits per heavy atom. The second-order valence-electron chi connectivity index (χ2n) is 10.2. The average molecular weight is 567 g/mol. The molecule has 0 bridgehead atoms. The quantitative estimate of drug-likeness (QED) is 0.123. The SMILES string of the molecule is Nc1ncnc2c1ncn2C1OC(CNC(=O)CCCCCCCC(=O)Nc2cccc3c(O)[nH]cc23)C(O)C1O. The molecule has 1 saturated heterocycles. The number of aliphatic hydroxyl groups excluding tert-OH is 2. The van der Waals surface area contributed by atoms with Gasteiger partial charge in [-0.3, -0.25) is 14.2 Å². The highest BCUT2D eigenvalue weighted by molar-refractivity contribution is 6.03. The molecule has 0 saturated carbocycles. The number of aromatic amines is 1. The minimum atomic E-state index is -1.25. The Kier molecular flexibility index (Phi) is 8.61. The number of hydrogen-bond acceptors (Lipinski definition) is 10. The molecule has 1 aromatic carbocycles. The molecular formula is C27H34N8O6. The average Bonchev–Trinajstić information content (AvgIpc) is 3.64. The van der Waals surface area contributed by atoms with Crippen molar-refractivity contribution in [2.45, 2.75) is 69.5 Å². The number of carbonyl (C=O) groups excluding carboxylic acids is 2. The maximum atomic E-state index is 12.3. The largest absolute Gasteiger partial charge is 0.494 e. The van der Waals surface area contributed by atoms with Crippen molar-refractivity contribution in [2.75, 3.05) is 17.6 Å². The van der Waals surface area contributed by atoms with Crippen LogP contribution in [-0.4, -0.2) is 76.5 Å². The van der Waals surface area contributed by atoms with Gasteiger partial charge in [0.05, 0.1) is 12.0 Å². The van der Waals surface area contributed by atoms with Crippen molar-refractivity contribution < 1.29 is 29.6 Å². The molecule has 1 aliphatic heterocycles. The lowest BCUT2D eigenvalue weighted by Gasteiger charge is -2.16. The van der Waals surface area contributed by atoms with E-state index >= 15 is 0 Å². The fraction of sp³-hybridized carbons (Fsp3) is 0.444. The number of aromatic nitrogens is 5. The number of H-pyrrole nitrogens is 1. The van der Waals surface area contributed by atoms with Gasteiger partial charge in [0.25, 0.3) is 0 Å². The Morgan fingerprint density at radius 3 is 2.56 bits per heavy atom. The van der Waals surface area contributed by atoms with Crippen LogP contribution in [0.15, 0.2) is 37.1 Å².